The topological polar surface area (TPSA) is 107 Å². The Morgan fingerprint density at radius 1 is 0.952 bits per heavy atom. The normalized spacial score (nSPS) is 12.2. The maximum absolute atomic E-state index is 10.5. The Hall–Kier alpha value is -2.68. The average Bonchev–Trinajstić information content (AvgIpc) is 2.55. The number of nitriles is 1. The van der Waals surface area contributed by atoms with E-state index in [0.29, 0.717) is 11.1 Å². The van der Waals surface area contributed by atoms with Gasteiger partial charge in [-0.25, -0.2) is 0 Å². The molecule has 1 amide bonds. The zero-order valence-electron chi connectivity index (χ0n) is 11.3. The number of carbonyl (C=O) groups is 1. The lowest BCUT2D eigenvalue weighted by atomic mass is 10.1. The predicted molar refractivity (Wildman–Crippen MR) is 77.6 cm³/mol. The number of amides is 1. The van der Waals surface area contributed by atoms with Crippen molar-refractivity contribution in [1.29, 1.82) is 5.26 Å². The Kier molecular flexibility index (Phi) is 6.61. The lowest BCUT2D eigenvalue weighted by Crippen LogP contribution is -2.20. The van der Waals surface area contributed by atoms with E-state index in [1.807, 2.05) is 6.07 Å². The van der Waals surface area contributed by atoms with Gasteiger partial charge in [-0.05, 0) is 11.1 Å². The van der Waals surface area contributed by atoms with Crippen LogP contribution in [-0.4, -0.2) is 16.1 Å². The minimum absolute atomic E-state index is 0.528. The molecule has 0 bridgehead atoms. The van der Waals surface area contributed by atoms with Crippen LogP contribution in [-0.2, 0) is 4.79 Å². The Morgan fingerprint density at radius 3 is 1.76 bits per heavy atom. The number of rotatable bonds is 3. The van der Waals surface area contributed by atoms with Crippen LogP contribution in [0.2, 0.25) is 0 Å². The highest BCUT2D eigenvalue weighted by molar-refractivity contribution is 5.79. The molecule has 0 aliphatic heterocycles. The smallest absolute Gasteiger partial charge is 0.250 e. The van der Waals surface area contributed by atoms with Crippen molar-refractivity contribution in [3.8, 4) is 6.07 Å². The van der Waals surface area contributed by atoms with Crippen LogP contribution in [0, 0.1) is 11.3 Å². The van der Waals surface area contributed by atoms with Gasteiger partial charge in [-0.1, -0.05) is 60.7 Å². The zero-order chi connectivity index (χ0) is 15.7. The van der Waals surface area contributed by atoms with E-state index >= 15 is 0 Å². The van der Waals surface area contributed by atoms with Gasteiger partial charge in [0.2, 0.25) is 0 Å². The van der Waals surface area contributed by atoms with Crippen molar-refractivity contribution < 1.29 is 15.0 Å². The van der Waals surface area contributed by atoms with Crippen LogP contribution in [0.25, 0.3) is 0 Å². The second-order valence-electron chi connectivity index (χ2n) is 4.16. The second-order valence-corrected chi connectivity index (χ2v) is 4.16. The number of benzene rings is 2. The van der Waals surface area contributed by atoms with Crippen LogP contribution in [0.1, 0.15) is 23.3 Å². The number of nitrogens with zero attached hydrogens (tertiary/aromatic N) is 1. The maximum Gasteiger partial charge on any atom is 0.250 e. The van der Waals surface area contributed by atoms with E-state index in [-0.39, 0.29) is 0 Å². The molecule has 2 aromatic carbocycles. The fraction of sp³-hybridized carbons (Fsp3) is 0.125. The third kappa shape index (κ3) is 5.45. The zero-order valence-corrected chi connectivity index (χ0v) is 11.3. The highest BCUT2D eigenvalue weighted by atomic mass is 16.3. The molecule has 0 saturated heterocycles. The van der Waals surface area contributed by atoms with Crippen molar-refractivity contribution in [1.82, 2.24) is 0 Å². The minimum atomic E-state index is -1.18. The first kappa shape index (κ1) is 16.4. The van der Waals surface area contributed by atoms with E-state index in [9.17, 15) is 4.79 Å². The summed E-state index contributed by atoms with van der Waals surface area (Å²) in [6, 6.07) is 19.2. The van der Waals surface area contributed by atoms with E-state index < -0.39 is 18.1 Å². The lowest BCUT2D eigenvalue weighted by Gasteiger charge is -2.04. The van der Waals surface area contributed by atoms with Crippen molar-refractivity contribution in [2.24, 2.45) is 5.73 Å². The molecule has 0 spiro atoms. The van der Waals surface area contributed by atoms with Gasteiger partial charge in [0.25, 0.3) is 5.91 Å². The van der Waals surface area contributed by atoms with Crippen LogP contribution >= 0.6 is 0 Å². The summed E-state index contributed by atoms with van der Waals surface area (Å²) < 4.78 is 0. The first-order valence-corrected chi connectivity index (χ1v) is 6.21. The fourth-order valence-electron chi connectivity index (χ4n) is 1.51. The number of primary amides is 1. The van der Waals surface area contributed by atoms with E-state index in [2.05, 4.69) is 0 Å². The molecular formula is C16H16N2O3. The summed E-state index contributed by atoms with van der Waals surface area (Å²) in [5, 5.41) is 26.4. The number of carbonyl (C=O) groups excluding carboxylic acids is 1. The molecule has 2 rings (SSSR count). The average molecular weight is 284 g/mol. The van der Waals surface area contributed by atoms with Gasteiger partial charge in [0, 0.05) is 0 Å². The molecule has 5 nitrogen and oxygen atoms in total. The van der Waals surface area contributed by atoms with E-state index in [1.165, 1.54) is 0 Å². The van der Waals surface area contributed by atoms with Crippen LogP contribution in [0.3, 0.4) is 0 Å². The van der Waals surface area contributed by atoms with E-state index in [0.717, 1.165) is 0 Å². The molecule has 21 heavy (non-hydrogen) atoms. The van der Waals surface area contributed by atoms with Gasteiger partial charge in [0.05, 0.1) is 6.07 Å². The molecule has 0 aliphatic carbocycles. The second kappa shape index (κ2) is 8.48. The maximum atomic E-state index is 10.5. The predicted octanol–water partition coefficient (Wildman–Crippen LogP) is 1.45. The molecule has 0 aliphatic rings. The number of aliphatic hydroxyl groups is 2. The molecule has 0 aromatic heterocycles. The van der Waals surface area contributed by atoms with Crippen molar-refractivity contribution in [2.75, 3.05) is 0 Å². The van der Waals surface area contributed by atoms with Crippen molar-refractivity contribution in [3.63, 3.8) is 0 Å². The molecule has 0 heterocycles. The van der Waals surface area contributed by atoms with Crippen LogP contribution < -0.4 is 5.73 Å². The number of hydrogen-bond acceptors (Lipinski definition) is 4. The first-order chi connectivity index (χ1) is 10.1. The standard InChI is InChI=1S/C8H9NO2.C8H7NO/c9-8(11)7(10)6-4-2-1-3-5-6;9-6-8(10)7-4-2-1-3-5-7/h1-5,7,10H,(H2,9,11);1-5,8,10H. The molecule has 0 fully saturated rings. The molecule has 2 atom stereocenters. The summed E-state index contributed by atoms with van der Waals surface area (Å²) >= 11 is 0. The Morgan fingerprint density at radius 2 is 1.38 bits per heavy atom. The van der Waals surface area contributed by atoms with E-state index in [4.69, 9.17) is 21.2 Å². The van der Waals surface area contributed by atoms with Crippen molar-refractivity contribution in [2.45, 2.75) is 12.2 Å². The molecule has 0 radical (unpaired) electrons. The summed E-state index contributed by atoms with van der Waals surface area (Å²) in [5.74, 6) is -0.726. The number of aliphatic hydroxyl groups excluding tert-OH is 2. The summed E-state index contributed by atoms with van der Waals surface area (Å²) in [4.78, 5) is 10.5. The van der Waals surface area contributed by atoms with Gasteiger partial charge in [-0.15, -0.1) is 0 Å². The molecule has 2 unspecified atom stereocenters. The Bertz CT molecular complexity index is 594. The number of hydrogen-bond donors (Lipinski definition) is 3. The van der Waals surface area contributed by atoms with Gasteiger partial charge < -0.3 is 15.9 Å². The summed E-state index contributed by atoms with van der Waals surface area (Å²) in [7, 11) is 0. The van der Waals surface area contributed by atoms with Crippen LogP contribution in [0.4, 0.5) is 0 Å². The van der Waals surface area contributed by atoms with Gasteiger partial charge in [-0.3, -0.25) is 4.79 Å². The largest absolute Gasteiger partial charge is 0.378 e. The third-order valence-corrected chi connectivity index (χ3v) is 2.62. The van der Waals surface area contributed by atoms with Gasteiger partial charge in [-0.2, -0.15) is 5.26 Å². The molecule has 4 N–H and O–H groups in total. The van der Waals surface area contributed by atoms with Crippen LogP contribution in [0.15, 0.2) is 60.7 Å². The highest BCUT2D eigenvalue weighted by Gasteiger charge is 2.11. The minimum Gasteiger partial charge on any atom is -0.378 e. The summed E-state index contributed by atoms with van der Waals surface area (Å²) in [6.45, 7) is 0. The Balaban J connectivity index is 0.000000211. The first-order valence-electron chi connectivity index (χ1n) is 6.21. The van der Waals surface area contributed by atoms with Gasteiger partial charge >= 0.3 is 0 Å². The third-order valence-electron chi connectivity index (χ3n) is 2.62. The quantitative estimate of drug-likeness (QED) is 0.741. The fourth-order valence-corrected chi connectivity index (χ4v) is 1.51. The SMILES string of the molecule is N#CC(O)c1ccccc1.NC(=O)C(O)c1ccccc1. The molecule has 0 saturated carbocycles. The molecule has 2 aromatic rings. The van der Waals surface area contributed by atoms with Crippen LogP contribution in [0.5, 0.6) is 0 Å². The summed E-state index contributed by atoms with van der Waals surface area (Å²) in [6.07, 6.45) is -2.17. The lowest BCUT2D eigenvalue weighted by molar-refractivity contribution is -0.126. The van der Waals surface area contributed by atoms with Crippen molar-refractivity contribution in [3.05, 3.63) is 71.8 Å². The highest BCUT2D eigenvalue weighted by Crippen LogP contribution is 2.10. The summed E-state index contributed by atoms with van der Waals surface area (Å²) in [5.41, 5.74) is 6.05. The molecule has 5 heteroatoms. The Labute approximate surface area is 122 Å². The molecular weight excluding hydrogens is 268 g/mol. The van der Waals surface area contributed by atoms with Crippen molar-refractivity contribution >= 4 is 5.91 Å². The van der Waals surface area contributed by atoms with E-state index in [1.54, 1.807) is 60.7 Å². The van der Waals surface area contributed by atoms with Gasteiger partial charge in [0.15, 0.2) is 12.2 Å². The molecule has 108 valence electrons. The monoisotopic (exact) mass is 284 g/mol. The van der Waals surface area contributed by atoms with Gasteiger partial charge in [0.1, 0.15) is 0 Å². The number of nitrogens with two attached hydrogens (primary N) is 1.